The van der Waals surface area contributed by atoms with Gasteiger partial charge in [-0.2, -0.15) is 0 Å². The molecule has 0 radical (unpaired) electrons. The van der Waals surface area contributed by atoms with Gasteiger partial charge in [0, 0.05) is 70.4 Å². The van der Waals surface area contributed by atoms with Crippen molar-refractivity contribution in [3.63, 3.8) is 0 Å². The maximum absolute atomic E-state index is 12.7. The number of nitrogens with one attached hydrogen (secondary N) is 2. The number of phenolic OH excluding ortho intramolecular Hbond substituents is 2. The lowest BCUT2D eigenvalue weighted by Gasteiger charge is -2.23. The predicted octanol–water partition coefficient (Wildman–Crippen LogP) is 5.97. The van der Waals surface area contributed by atoms with Gasteiger partial charge in [0.15, 0.2) is 6.29 Å². The number of phenols is 2. The van der Waals surface area contributed by atoms with Gasteiger partial charge in [0.2, 0.25) is 0 Å². The standard InChI is InChI=1S/C20H21N3O2.C18H14N2O3/c1-22(2)11-17-18(14-6-4-5-7-16(14)21-17)19-15-10-12(24)8-9-13(15)20(25)23(19)3;1-20-17(13-8-10(22)6-7-11(13)18(20)23)16-12-4-2-3-5-14(12)19-15(16)9-21/h4-10,19,21,24H,11H2,1-3H3;2-9,17,19,22H,1H3. The Labute approximate surface area is 276 Å². The van der Waals surface area contributed by atoms with Gasteiger partial charge in [-0.15, -0.1) is 0 Å². The van der Waals surface area contributed by atoms with Gasteiger partial charge in [-0.25, -0.2) is 0 Å². The van der Waals surface area contributed by atoms with E-state index in [1.54, 1.807) is 47.2 Å². The van der Waals surface area contributed by atoms with Crippen molar-refractivity contribution in [2.24, 2.45) is 0 Å². The third-order valence-corrected chi connectivity index (χ3v) is 9.28. The van der Waals surface area contributed by atoms with E-state index in [0.29, 0.717) is 22.4 Å². The topological polar surface area (TPSA) is 133 Å². The highest BCUT2D eigenvalue weighted by Crippen LogP contribution is 2.44. The molecule has 10 heteroatoms. The van der Waals surface area contributed by atoms with Crippen LogP contribution < -0.4 is 0 Å². The van der Waals surface area contributed by atoms with Crippen molar-refractivity contribution in [3.8, 4) is 11.5 Å². The van der Waals surface area contributed by atoms with Crippen LogP contribution in [0.2, 0.25) is 0 Å². The van der Waals surface area contributed by atoms with E-state index in [-0.39, 0.29) is 29.4 Å². The second kappa shape index (κ2) is 11.7. The highest BCUT2D eigenvalue weighted by atomic mass is 16.3. The summed E-state index contributed by atoms with van der Waals surface area (Å²) in [6.45, 7) is 0.747. The highest BCUT2D eigenvalue weighted by Gasteiger charge is 2.39. The Balaban J connectivity index is 0.000000152. The highest BCUT2D eigenvalue weighted by molar-refractivity contribution is 6.03. The molecule has 0 fully saturated rings. The van der Waals surface area contributed by atoms with E-state index in [0.717, 1.165) is 57.0 Å². The molecular weight excluding hydrogens is 606 g/mol. The molecule has 10 nitrogen and oxygen atoms in total. The fraction of sp³-hybridized carbons (Fsp3) is 0.184. The van der Waals surface area contributed by atoms with Crippen LogP contribution >= 0.6 is 0 Å². The van der Waals surface area contributed by atoms with Crippen LogP contribution in [-0.4, -0.2) is 81.2 Å². The summed E-state index contributed by atoms with van der Waals surface area (Å²) < 4.78 is 0. The number of hydrogen-bond acceptors (Lipinski definition) is 6. The van der Waals surface area contributed by atoms with Crippen molar-refractivity contribution in [2.75, 3.05) is 28.2 Å². The van der Waals surface area contributed by atoms with E-state index in [9.17, 15) is 24.6 Å². The number of nitrogens with zero attached hydrogens (tertiary/aromatic N) is 3. The van der Waals surface area contributed by atoms with Crippen LogP contribution in [0.15, 0.2) is 84.9 Å². The average Bonchev–Trinajstić information content (AvgIpc) is 3.75. The molecule has 0 saturated heterocycles. The maximum Gasteiger partial charge on any atom is 0.254 e. The molecule has 0 bridgehead atoms. The number of H-pyrrole nitrogens is 2. The number of aromatic hydroxyl groups is 2. The van der Waals surface area contributed by atoms with Crippen LogP contribution in [0.3, 0.4) is 0 Å². The van der Waals surface area contributed by atoms with E-state index >= 15 is 0 Å². The van der Waals surface area contributed by atoms with Crippen LogP contribution in [0.4, 0.5) is 0 Å². The molecular formula is C38H35N5O5. The zero-order valence-electron chi connectivity index (χ0n) is 27.0. The van der Waals surface area contributed by atoms with E-state index in [2.05, 4.69) is 27.0 Å². The van der Waals surface area contributed by atoms with Crippen molar-refractivity contribution in [1.82, 2.24) is 24.7 Å². The fourth-order valence-electron chi connectivity index (χ4n) is 7.22. The third kappa shape index (κ3) is 4.89. The average molecular weight is 642 g/mol. The summed E-state index contributed by atoms with van der Waals surface area (Å²) in [5.74, 6) is 0.151. The Morgan fingerprint density at radius 2 is 1.19 bits per heavy atom. The predicted molar refractivity (Wildman–Crippen MR) is 183 cm³/mol. The number of benzene rings is 4. The largest absolute Gasteiger partial charge is 0.508 e. The summed E-state index contributed by atoms with van der Waals surface area (Å²) in [6.07, 6.45) is 0.772. The van der Waals surface area contributed by atoms with Crippen LogP contribution in [0.5, 0.6) is 11.5 Å². The first-order valence-electron chi connectivity index (χ1n) is 15.6. The Hall–Kier alpha value is -5.87. The molecule has 4 N–H and O–H groups in total. The number of carbonyl (C=O) groups is 3. The van der Waals surface area contributed by atoms with Gasteiger partial charge in [0.05, 0.1) is 17.8 Å². The number of aldehydes is 1. The fourth-order valence-corrected chi connectivity index (χ4v) is 7.22. The number of fused-ring (bicyclic) bond motifs is 4. The molecule has 2 atom stereocenters. The van der Waals surface area contributed by atoms with Crippen LogP contribution in [0, 0.1) is 0 Å². The number of carbonyl (C=O) groups excluding carboxylic acids is 3. The van der Waals surface area contributed by atoms with Gasteiger partial charge in [-0.3, -0.25) is 14.4 Å². The molecule has 2 aliphatic rings. The summed E-state index contributed by atoms with van der Waals surface area (Å²) in [5, 5.41) is 21.8. The third-order valence-electron chi connectivity index (χ3n) is 9.28. The van der Waals surface area contributed by atoms with E-state index in [1.807, 2.05) is 57.5 Å². The lowest BCUT2D eigenvalue weighted by atomic mass is 9.95. The van der Waals surface area contributed by atoms with Gasteiger partial charge < -0.3 is 34.9 Å². The minimum atomic E-state index is -0.402. The first-order chi connectivity index (χ1) is 23.1. The molecule has 2 amide bonds. The van der Waals surface area contributed by atoms with Gasteiger partial charge >= 0.3 is 0 Å². The van der Waals surface area contributed by atoms with Crippen molar-refractivity contribution in [1.29, 1.82) is 0 Å². The van der Waals surface area contributed by atoms with E-state index < -0.39 is 6.04 Å². The molecule has 4 aromatic carbocycles. The quantitative estimate of drug-likeness (QED) is 0.172. The molecule has 0 aliphatic carbocycles. The number of para-hydroxylation sites is 2. The number of aromatic nitrogens is 2. The first-order valence-corrected chi connectivity index (χ1v) is 15.6. The zero-order chi connectivity index (χ0) is 33.9. The van der Waals surface area contributed by atoms with E-state index in [1.165, 1.54) is 6.07 Å². The molecule has 2 unspecified atom stereocenters. The minimum Gasteiger partial charge on any atom is -0.508 e. The Morgan fingerprint density at radius 1 is 0.708 bits per heavy atom. The SMILES string of the molecule is CN(C)Cc1[nH]c2ccccc2c1C1c2cc(O)ccc2C(=O)N1C.CN1C(=O)c2ccc(O)cc2C1c1c(C=O)[nH]c2ccccc12. The molecule has 8 rings (SSSR count). The van der Waals surface area contributed by atoms with Crippen molar-refractivity contribution in [3.05, 3.63) is 130 Å². The Bertz CT molecular complexity index is 2250. The van der Waals surface area contributed by atoms with Crippen molar-refractivity contribution < 1.29 is 24.6 Å². The number of hydrogen-bond donors (Lipinski definition) is 4. The zero-order valence-corrected chi connectivity index (χ0v) is 27.0. The lowest BCUT2D eigenvalue weighted by molar-refractivity contribution is 0.0786. The summed E-state index contributed by atoms with van der Waals surface area (Å²) in [6, 6.07) is 24.9. The van der Waals surface area contributed by atoms with Crippen LogP contribution in [0.25, 0.3) is 21.8 Å². The molecule has 242 valence electrons. The minimum absolute atomic E-state index is 0.0129. The summed E-state index contributed by atoms with van der Waals surface area (Å²) >= 11 is 0. The Morgan fingerprint density at radius 3 is 1.71 bits per heavy atom. The Kier molecular flexibility index (Phi) is 7.52. The number of amides is 2. The number of aromatic amines is 2. The molecule has 0 spiro atoms. The van der Waals surface area contributed by atoms with Crippen LogP contribution in [-0.2, 0) is 6.54 Å². The monoisotopic (exact) mass is 641 g/mol. The summed E-state index contributed by atoms with van der Waals surface area (Å²) in [7, 11) is 7.59. The molecule has 0 saturated carbocycles. The molecule has 2 aliphatic heterocycles. The van der Waals surface area contributed by atoms with Gasteiger partial charge in [0.25, 0.3) is 11.8 Å². The second-order valence-corrected chi connectivity index (χ2v) is 12.6. The molecule has 6 aromatic rings. The smallest absolute Gasteiger partial charge is 0.254 e. The molecule has 48 heavy (non-hydrogen) atoms. The van der Waals surface area contributed by atoms with Crippen molar-refractivity contribution in [2.45, 2.75) is 18.6 Å². The number of rotatable bonds is 5. The normalized spacial score (nSPS) is 16.9. The lowest BCUT2D eigenvalue weighted by Crippen LogP contribution is -2.25. The summed E-state index contributed by atoms with van der Waals surface area (Å²) in [5.41, 5.74) is 8.09. The molecule has 4 heterocycles. The van der Waals surface area contributed by atoms with Crippen molar-refractivity contribution >= 4 is 39.9 Å². The van der Waals surface area contributed by atoms with Gasteiger partial charge in [-0.1, -0.05) is 36.4 Å². The first kappa shape index (κ1) is 30.8. The second-order valence-electron chi connectivity index (χ2n) is 12.6. The van der Waals surface area contributed by atoms with Gasteiger partial charge in [0.1, 0.15) is 11.5 Å². The van der Waals surface area contributed by atoms with Gasteiger partial charge in [-0.05, 0) is 73.8 Å². The molecule has 2 aromatic heterocycles. The maximum atomic E-state index is 12.7. The van der Waals surface area contributed by atoms with E-state index in [4.69, 9.17) is 0 Å². The van der Waals surface area contributed by atoms with Crippen LogP contribution in [0.1, 0.15) is 71.2 Å². The summed E-state index contributed by atoms with van der Waals surface area (Å²) in [4.78, 5) is 48.8.